The molecule has 0 saturated heterocycles. The van der Waals surface area contributed by atoms with Crippen LogP contribution in [0.5, 0.6) is 0 Å². The monoisotopic (exact) mass is 375 g/mol. The molecule has 1 aromatic carbocycles. The van der Waals surface area contributed by atoms with Crippen LogP contribution in [0, 0.1) is 11.3 Å². The van der Waals surface area contributed by atoms with Gasteiger partial charge in [-0.3, -0.25) is 4.57 Å². The Kier molecular flexibility index (Phi) is 4.45. The topological polar surface area (TPSA) is 76.5 Å². The van der Waals surface area contributed by atoms with Gasteiger partial charge >= 0.3 is 5.69 Å². The summed E-state index contributed by atoms with van der Waals surface area (Å²) < 4.78 is 3.46. The zero-order chi connectivity index (χ0) is 18.8. The van der Waals surface area contributed by atoms with Gasteiger partial charge in [0, 0.05) is 12.4 Å². The first-order valence-corrected chi connectivity index (χ1v) is 8.68. The van der Waals surface area contributed by atoms with E-state index < -0.39 is 0 Å². The van der Waals surface area contributed by atoms with Crippen LogP contribution in [0.1, 0.15) is 11.1 Å². The van der Waals surface area contributed by atoms with Crippen molar-refractivity contribution in [1.29, 1.82) is 5.26 Å². The molecule has 7 heteroatoms. The molecule has 0 amide bonds. The third-order valence-electron chi connectivity index (χ3n) is 4.25. The smallest absolute Gasteiger partial charge is 0.327 e. The van der Waals surface area contributed by atoms with E-state index in [1.165, 1.54) is 0 Å². The summed E-state index contributed by atoms with van der Waals surface area (Å²) >= 11 is 5.84. The van der Waals surface area contributed by atoms with E-state index in [1.807, 2.05) is 53.2 Å². The van der Waals surface area contributed by atoms with Crippen molar-refractivity contribution in [3.8, 4) is 23.3 Å². The van der Waals surface area contributed by atoms with Crippen LogP contribution >= 0.6 is 11.6 Å². The Labute approximate surface area is 160 Å². The van der Waals surface area contributed by atoms with Crippen LogP contribution in [0.3, 0.4) is 0 Å². The van der Waals surface area contributed by atoms with Crippen molar-refractivity contribution < 1.29 is 0 Å². The molecular formula is C20H14ClN5O. The SMILES string of the molecule is N#CCc1cccc(-n2c3cccn(Cc4ccc(Cl)nc4)c-3nc2=O)c1. The van der Waals surface area contributed by atoms with Crippen molar-refractivity contribution in [3.63, 3.8) is 0 Å². The highest BCUT2D eigenvalue weighted by Crippen LogP contribution is 2.23. The highest BCUT2D eigenvalue weighted by molar-refractivity contribution is 6.29. The average Bonchev–Trinajstić information content (AvgIpc) is 3.01. The normalized spacial score (nSPS) is 10.8. The lowest BCUT2D eigenvalue weighted by Gasteiger charge is -2.13. The molecule has 0 radical (unpaired) electrons. The number of hydrogen-bond donors (Lipinski definition) is 0. The predicted octanol–water partition coefficient (Wildman–Crippen LogP) is 3.30. The van der Waals surface area contributed by atoms with Gasteiger partial charge in [-0.1, -0.05) is 29.8 Å². The molecule has 4 rings (SSSR count). The summed E-state index contributed by atoms with van der Waals surface area (Å²) in [6.45, 7) is 0.520. The Morgan fingerprint density at radius 3 is 2.78 bits per heavy atom. The van der Waals surface area contributed by atoms with Crippen molar-refractivity contribution in [3.05, 3.63) is 87.7 Å². The quantitative estimate of drug-likeness (QED) is 0.513. The zero-order valence-corrected chi connectivity index (χ0v) is 15.0. The number of aromatic nitrogens is 4. The van der Waals surface area contributed by atoms with Gasteiger partial charge in [0.25, 0.3) is 0 Å². The Morgan fingerprint density at radius 2 is 2.00 bits per heavy atom. The van der Waals surface area contributed by atoms with Crippen molar-refractivity contribution in [2.75, 3.05) is 0 Å². The van der Waals surface area contributed by atoms with E-state index >= 15 is 0 Å². The molecule has 0 fully saturated rings. The molecule has 1 aromatic heterocycles. The maximum absolute atomic E-state index is 12.6. The molecule has 0 spiro atoms. The first-order chi connectivity index (χ1) is 13.2. The van der Waals surface area contributed by atoms with Crippen molar-refractivity contribution >= 4 is 11.6 Å². The predicted molar refractivity (Wildman–Crippen MR) is 102 cm³/mol. The van der Waals surface area contributed by atoms with Crippen LogP contribution in [-0.4, -0.2) is 19.1 Å². The summed E-state index contributed by atoms with van der Waals surface area (Å²) in [6.07, 6.45) is 3.87. The number of imidazole rings is 1. The van der Waals surface area contributed by atoms with E-state index in [0.717, 1.165) is 11.1 Å². The lowest BCUT2D eigenvalue weighted by Crippen LogP contribution is -2.14. The Morgan fingerprint density at radius 1 is 1.11 bits per heavy atom. The molecular weight excluding hydrogens is 362 g/mol. The number of nitriles is 1. The fourth-order valence-corrected chi connectivity index (χ4v) is 3.15. The highest BCUT2D eigenvalue weighted by atomic mass is 35.5. The molecule has 2 aliphatic heterocycles. The zero-order valence-electron chi connectivity index (χ0n) is 14.2. The molecule has 132 valence electrons. The van der Waals surface area contributed by atoms with Crippen LogP contribution in [0.4, 0.5) is 0 Å². The van der Waals surface area contributed by atoms with E-state index in [0.29, 0.717) is 28.9 Å². The van der Waals surface area contributed by atoms with E-state index in [-0.39, 0.29) is 12.1 Å². The fraction of sp³-hybridized carbons (Fsp3) is 0.100. The summed E-state index contributed by atoms with van der Waals surface area (Å²) in [6, 6.07) is 16.9. The molecule has 0 bridgehead atoms. The second-order valence-corrected chi connectivity index (χ2v) is 6.46. The van der Waals surface area contributed by atoms with E-state index in [4.69, 9.17) is 16.9 Å². The number of halogens is 1. The van der Waals surface area contributed by atoms with Gasteiger partial charge in [-0.05, 0) is 41.5 Å². The molecule has 0 N–H and O–H groups in total. The summed E-state index contributed by atoms with van der Waals surface area (Å²) in [5.41, 5.74) is 2.86. The molecule has 3 heterocycles. The molecule has 2 aromatic rings. The van der Waals surface area contributed by atoms with Gasteiger partial charge in [0.05, 0.1) is 30.4 Å². The number of nitrogens with zero attached hydrogens (tertiary/aromatic N) is 5. The number of hydrogen-bond acceptors (Lipinski definition) is 4. The van der Waals surface area contributed by atoms with Crippen molar-refractivity contribution in [1.82, 2.24) is 19.1 Å². The van der Waals surface area contributed by atoms with E-state index in [2.05, 4.69) is 16.0 Å². The van der Waals surface area contributed by atoms with Gasteiger partial charge < -0.3 is 4.57 Å². The highest BCUT2D eigenvalue weighted by Gasteiger charge is 2.18. The lowest BCUT2D eigenvalue weighted by molar-refractivity contribution is 0.779. The molecule has 27 heavy (non-hydrogen) atoms. The lowest BCUT2D eigenvalue weighted by atomic mass is 10.1. The number of pyridine rings is 2. The third kappa shape index (κ3) is 3.33. The number of rotatable bonds is 4. The average molecular weight is 376 g/mol. The molecule has 0 unspecified atom stereocenters. The first-order valence-electron chi connectivity index (χ1n) is 8.30. The number of fused-ring (bicyclic) bond motifs is 1. The summed E-state index contributed by atoms with van der Waals surface area (Å²) in [7, 11) is 0. The first kappa shape index (κ1) is 17.0. The third-order valence-corrected chi connectivity index (χ3v) is 4.47. The van der Waals surface area contributed by atoms with Gasteiger partial charge in [-0.25, -0.2) is 9.78 Å². The molecule has 6 nitrogen and oxygen atoms in total. The van der Waals surface area contributed by atoms with Gasteiger partial charge in [-0.15, -0.1) is 0 Å². The summed E-state index contributed by atoms with van der Waals surface area (Å²) in [4.78, 5) is 20.9. The minimum Gasteiger partial charge on any atom is -0.327 e. The fourth-order valence-electron chi connectivity index (χ4n) is 3.04. The van der Waals surface area contributed by atoms with Crippen molar-refractivity contribution in [2.45, 2.75) is 13.0 Å². The van der Waals surface area contributed by atoms with Crippen molar-refractivity contribution in [2.24, 2.45) is 0 Å². The Balaban J connectivity index is 1.76. The molecule has 0 saturated carbocycles. The van der Waals surface area contributed by atoms with Gasteiger partial charge in [0.15, 0.2) is 5.82 Å². The second-order valence-electron chi connectivity index (χ2n) is 6.07. The largest absolute Gasteiger partial charge is 0.354 e. The summed E-state index contributed by atoms with van der Waals surface area (Å²) in [5.74, 6) is 0.586. The van der Waals surface area contributed by atoms with Gasteiger partial charge in [-0.2, -0.15) is 10.2 Å². The Bertz CT molecular complexity index is 1170. The van der Waals surface area contributed by atoms with Crippen LogP contribution < -0.4 is 5.69 Å². The van der Waals surface area contributed by atoms with Crippen LogP contribution in [0.15, 0.2) is 65.7 Å². The molecule has 2 aliphatic rings. The second kappa shape index (κ2) is 7.06. The molecule has 0 atom stereocenters. The maximum atomic E-state index is 12.6. The Hall–Kier alpha value is -3.43. The van der Waals surface area contributed by atoms with E-state index in [9.17, 15) is 4.79 Å². The van der Waals surface area contributed by atoms with Crippen LogP contribution in [0.25, 0.3) is 17.2 Å². The minimum atomic E-state index is -0.353. The molecule has 0 aliphatic carbocycles. The number of benzene rings is 1. The standard InChI is InChI=1S/C20H14ClN5O/c21-18-7-6-15(12-23-18)13-25-10-2-5-17-19(25)24-20(27)26(17)16-4-1-3-14(11-16)8-9-22/h1-7,10-12H,8,13H2. The van der Waals surface area contributed by atoms with Crippen LogP contribution in [-0.2, 0) is 13.0 Å². The minimum absolute atomic E-state index is 0.290. The van der Waals surface area contributed by atoms with Crippen LogP contribution in [0.2, 0.25) is 5.15 Å². The maximum Gasteiger partial charge on any atom is 0.354 e. The van der Waals surface area contributed by atoms with Gasteiger partial charge in [0.2, 0.25) is 0 Å². The van der Waals surface area contributed by atoms with Gasteiger partial charge in [0.1, 0.15) is 5.15 Å². The van der Waals surface area contributed by atoms with E-state index in [1.54, 1.807) is 16.8 Å². The summed E-state index contributed by atoms with van der Waals surface area (Å²) in [5, 5.41) is 9.35.